The van der Waals surface area contributed by atoms with Crippen LogP contribution in [0.1, 0.15) is 107 Å². The monoisotopic (exact) mass is 1880 g/mol. The number of amides is 5. The van der Waals surface area contributed by atoms with E-state index in [1.54, 1.807) is 86.1 Å². The molecule has 19 heterocycles. The van der Waals surface area contributed by atoms with Crippen molar-refractivity contribution in [2.75, 3.05) is 121 Å². The SMILES string of the molecule is N#CCc1cnc2c(C(=O)Nc3cnccc3OC3CCNCC3)c(N)nn2c1.N#CCc1cnc2c(C(=O)Nc3cnccc3OC3CNC3)c(N)nn2c1.N#CCc1cnc2c(C(=O)Nc3cnccc3OCCN)c(N)nn2c1.Nc1nn2cc(Cl)cnc2c1C(=O)Nc1cnccc1OC1CCNCC1.Nc1nn2cc(Cl)cnc2c1C(=O)Nc1cnccc1O[C@@H]1CCCNC1. The third kappa shape index (κ3) is 23.0. The van der Waals surface area contributed by atoms with Gasteiger partial charge in [0.1, 0.15) is 116 Å². The first-order valence-corrected chi connectivity index (χ1v) is 43.1. The lowest BCUT2D eigenvalue weighted by molar-refractivity contribution is 0.101. The molecule has 0 spiro atoms. The predicted octanol–water partition coefficient (Wildman–Crippen LogP) is 5.38. The summed E-state index contributed by atoms with van der Waals surface area (Å²) >= 11 is 11.8. The van der Waals surface area contributed by atoms with Gasteiger partial charge in [-0.05, 0) is 71.2 Å². The van der Waals surface area contributed by atoms with Gasteiger partial charge in [0.15, 0.2) is 57.3 Å². The number of piperidine rings is 3. The first kappa shape index (κ1) is 93.7. The minimum Gasteiger partial charge on any atom is -0.490 e. The highest BCUT2D eigenvalue weighted by Gasteiger charge is 2.30. The summed E-state index contributed by atoms with van der Waals surface area (Å²) < 4.78 is 36.4. The van der Waals surface area contributed by atoms with Crippen LogP contribution in [0.2, 0.25) is 10.0 Å². The van der Waals surface area contributed by atoms with Crippen LogP contribution in [0.15, 0.2) is 154 Å². The van der Waals surface area contributed by atoms with E-state index in [2.05, 4.69) is 123 Å². The molecule has 15 aromatic heterocycles. The first-order chi connectivity index (χ1) is 66.2. The Kier molecular flexibility index (Phi) is 30.5. The van der Waals surface area contributed by atoms with E-state index in [4.69, 9.17) is 97.1 Å². The Morgan fingerprint density at radius 3 is 0.949 bits per heavy atom. The topological polar surface area (TPSA) is 683 Å². The molecule has 50 heteroatoms. The molecule has 4 aliphatic heterocycles. The minimum atomic E-state index is -0.497. The molecule has 136 heavy (non-hydrogen) atoms. The lowest BCUT2D eigenvalue weighted by Gasteiger charge is -2.28. The summed E-state index contributed by atoms with van der Waals surface area (Å²) in [4.78, 5) is 105. The van der Waals surface area contributed by atoms with Gasteiger partial charge < -0.3 is 106 Å². The van der Waals surface area contributed by atoms with Crippen LogP contribution >= 0.6 is 23.2 Å². The number of ether oxygens (including phenoxy) is 5. The van der Waals surface area contributed by atoms with E-state index in [9.17, 15) is 24.0 Å². The van der Waals surface area contributed by atoms with Gasteiger partial charge in [-0.25, -0.2) is 47.5 Å². The van der Waals surface area contributed by atoms with Crippen molar-refractivity contribution in [3.05, 3.63) is 209 Å². The fourth-order valence-electron chi connectivity index (χ4n) is 14.3. The zero-order valence-electron chi connectivity index (χ0n) is 72.3. The number of nitrogens with zero attached hydrogens (tertiary/aromatic N) is 23. The minimum absolute atomic E-state index is 0.0254. The van der Waals surface area contributed by atoms with E-state index >= 15 is 0 Å². The Labute approximate surface area is 781 Å². The number of anilines is 10. The molecule has 19 rings (SSSR count). The number of carbonyl (C=O) groups excluding carboxylic acids is 5. The predicted molar refractivity (Wildman–Crippen MR) is 497 cm³/mol. The average molecular weight is 1880 g/mol. The second kappa shape index (κ2) is 44.3. The smallest absolute Gasteiger partial charge is 0.263 e. The number of halogens is 2. The van der Waals surface area contributed by atoms with Crippen LogP contribution in [0.5, 0.6) is 28.7 Å². The summed E-state index contributed by atoms with van der Waals surface area (Å²) in [7, 11) is 0. The van der Waals surface area contributed by atoms with Gasteiger partial charge in [0.25, 0.3) is 29.5 Å². The van der Waals surface area contributed by atoms with Crippen LogP contribution in [-0.4, -0.2) is 217 Å². The van der Waals surface area contributed by atoms with Gasteiger partial charge in [-0.15, -0.1) is 25.5 Å². The van der Waals surface area contributed by atoms with E-state index in [0.717, 1.165) is 90.9 Å². The fraction of sp³-hybridized carbons (Fsp3) is 0.267. The van der Waals surface area contributed by atoms with Crippen LogP contribution in [0.3, 0.4) is 0 Å². The van der Waals surface area contributed by atoms with E-state index < -0.39 is 29.5 Å². The third-order valence-corrected chi connectivity index (χ3v) is 21.2. The average Bonchev–Trinajstić information content (AvgIpc) is 1.65. The molecule has 696 valence electrons. The number of pyridine rings is 5. The highest BCUT2D eigenvalue weighted by atomic mass is 35.5. The standard InChI is InChI=1S/C19H20N8O2.2C17H18ClN7O2.C17H16N8O2.C16H16N8O2/c20-5-1-12-9-24-18-16(17(21)26-27(18)11-12)19(28)25-14-10-23-8-4-15(14)29-13-2-6-22-7-3-13;18-10-7-22-16-14(15(19)24-25(16)9-10)17(26)23-12-8-21-6-3-13(12)27-11-1-4-20-5-2-11;18-10-6-22-16-14(15(19)24-25(16)9-10)17(26)23-12-8-21-5-3-13(12)27-11-2-1-4-20-7-11;18-3-1-10-5-22-16-14(15(19)24-25(16)9-10)17(26)23-12-8-20-4-2-13(12)27-11-6-21-7-11;17-3-1-10-7-21-15-13(14(19)23-24(15)9-10)16(25)22-11-8-20-5-2-12(11)26-6-4-18/h4,8-11,13,22H,1-3,6-7H2,(H2,21,26)(H,25,28);3,6-9,11,20H,1-2,4-5H2,(H2,19,24)(H,23,26);3,5-6,8-9,11,20H,1-2,4,7H2,(H2,19,24)(H,23,26);2,4-5,8-9,11,21H,1,6-7H2,(H2,19,24)(H,23,26);2,5,7-9H,1,4,6,18H2,(H2,19,23)(H,22,25)/t;;11-;;/m..1../s1. The molecule has 0 radical (unpaired) electrons. The van der Waals surface area contributed by atoms with E-state index in [1.807, 2.05) is 18.2 Å². The quantitative estimate of drug-likeness (QED) is 0.0361. The molecule has 0 saturated carbocycles. The molecule has 4 saturated heterocycles. The van der Waals surface area contributed by atoms with Gasteiger partial charge in [0.2, 0.25) is 0 Å². The van der Waals surface area contributed by atoms with Gasteiger partial charge in [-0.1, -0.05) is 23.2 Å². The number of fused-ring (bicyclic) bond motifs is 5. The van der Waals surface area contributed by atoms with Gasteiger partial charge in [0, 0.05) is 154 Å². The lowest BCUT2D eigenvalue weighted by atomic mass is 10.1. The Hall–Kier alpha value is -17.0. The summed E-state index contributed by atoms with van der Waals surface area (Å²) in [5.74, 6) is 0.582. The number of nitriles is 3. The molecule has 4 aliphatic rings. The van der Waals surface area contributed by atoms with Crippen LogP contribution in [0.25, 0.3) is 28.2 Å². The molecule has 1 atom stereocenters. The number of rotatable bonds is 24. The summed E-state index contributed by atoms with van der Waals surface area (Å²) in [6.45, 7) is 7.52. The number of nitrogen functional groups attached to an aromatic ring is 5. The first-order valence-electron chi connectivity index (χ1n) is 42.3. The molecule has 21 N–H and O–H groups in total. The molecule has 48 nitrogen and oxygen atoms in total. The van der Waals surface area contributed by atoms with Crippen LogP contribution in [-0.2, 0) is 19.3 Å². The second-order valence-corrected chi connectivity index (χ2v) is 31.3. The largest absolute Gasteiger partial charge is 0.490 e. The molecule has 4 fully saturated rings. The number of hydrogen-bond donors (Lipinski definition) is 15. The van der Waals surface area contributed by atoms with Gasteiger partial charge in [-0.2, -0.15) is 15.8 Å². The molecule has 0 aromatic carbocycles. The summed E-state index contributed by atoms with van der Waals surface area (Å²) in [5.41, 5.74) is 41.6. The molecule has 15 aromatic rings. The van der Waals surface area contributed by atoms with Crippen molar-refractivity contribution in [3.63, 3.8) is 0 Å². The van der Waals surface area contributed by atoms with Crippen molar-refractivity contribution < 1.29 is 47.7 Å². The second-order valence-electron chi connectivity index (χ2n) is 30.5. The highest BCUT2D eigenvalue weighted by molar-refractivity contribution is 6.30. The fourth-order valence-corrected chi connectivity index (χ4v) is 14.6. The molecule has 0 bridgehead atoms. The molecular weight excluding hydrogens is 1800 g/mol. The van der Waals surface area contributed by atoms with E-state index in [0.29, 0.717) is 120 Å². The Morgan fingerprint density at radius 2 is 0.654 bits per heavy atom. The normalized spacial score (nSPS) is 14.2. The van der Waals surface area contributed by atoms with Gasteiger partial charge in [-0.3, -0.25) is 48.9 Å². The molecular formula is C86H88Cl2N38O10. The molecule has 0 unspecified atom stereocenters. The number of nitrogens with two attached hydrogens (primary N) is 6. The van der Waals surface area contributed by atoms with Crippen molar-refractivity contribution in [1.82, 2.24) is 119 Å². The van der Waals surface area contributed by atoms with E-state index in [1.165, 1.54) is 90.7 Å². The third-order valence-electron chi connectivity index (χ3n) is 20.8. The zero-order valence-corrected chi connectivity index (χ0v) is 73.8. The van der Waals surface area contributed by atoms with Crippen LogP contribution in [0.4, 0.5) is 57.5 Å². The van der Waals surface area contributed by atoms with Gasteiger partial charge >= 0.3 is 0 Å². The maximum Gasteiger partial charge on any atom is 0.263 e. The zero-order chi connectivity index (χ0) is 95.1. The number of hydrogen-bond acceptors (Lipinski definition) is 38. The Balaban J connectivity index is 0.000000129. The van der Waals surface area contributed by atoms with Crippen molar-refractivity contribution >= 4 is 138 Å². The molecule has 5 amide bonds. The van der Waals surface area contributed by atoms with Crippen molar-refractivity contribution in [2.24, 2.45) is 5.73 Å². The summed E-state index contributed by atoms with van der Waals surface area (Å²) in [6, 6.07) is 14.6. The van der Waals surface area contributed by atoms with Crippen molar-refractivity contribution in [3.8, 4) is 47.0 Å². The number of aromatic nitrogens is 20. The molecule has 0 aliphatic carbocycles. The van der Waals surface area contributed by atoms with Crippen molar-refractivity contribution in [1.29, 1.82) is 15.8 Å². The van der Waals surface area contributed by atoms with Crippen molar-refractivity contribution in [2.45, 2.75) is 82.2 Å². The Bertz CT molecular complexity index is 6850. The lowest BCUT2D eigenvalue weighted by Crippen LogP contribution is -2.50. The summed E-state index contributed by atoms with van der Waals surface area (Å²) in [6.07, 6.45) is 37.4. The van der Waals surface area contributed by atoms with Crippen LogP contribution in [0, 0.1) is 34.0 Å². The van der Waals surface area contributed by atoms with E-state index in [-0.39, 0.29) is 106 Å². The summed E-state index contributed by atoms with van der Waals surface area (Å²) in [5, 5.41) is 74.6. The highest BCUT2D eigenvalue weighted by Crippen LogP contribution is 2.34. The maximum atomic E-state index is 12.9. The maximum absolute atomic E-state index is 12.9. The van der Waals surface area contributed by atoms with Gasteiger partial charge in [0.05, 0.1) is 90.9 Å². The number of nitrogens with one attached hydrogen (secondary N) is 9. The Morgan fingerprint density at radius 1 is 0.368 bits per heavy atom. The number of carbonyl (C=O) groups is 5. The van der Waals surface area contributed by atoms with Crippen LogP contribution < -0.4 is 106 Å².